The van der Waals surface area contributed by atoms with Crippen LogP contribution in [0, 0.1) is 5.82 Å². The molecule has 2 aromatic rings. The minimum Gasteiger partial charge on any atom is -0.352 e. The fraction of sp³-hybridized carbons (Fsp3) is 0.381. The van der Waals surface area contributed by atoms with Crippen LogP contribution in [-0.2, 0) is 11.3 Å². The molecular weight excluding hydrogens is 383 g/mol. The Morgan fingerprint density at radius 2 is 2.00 bits per heavy atom. The van der Waals surface area contributed by atoms with Gasteiger partial charge in [0.05, 0.1) is 6.04 Å². The average Bonchev–Trinajstić information content (AvgIpc) is 3.36. The number of rotatable bonds is 6. The van der Waals surface area contributed by atoms with Gasteiger partial charge >= 0.3 is 0 Å². The minimum atomic E-state index is -0.227. The molecule has 1 aliphatic heterocycles. The van der Waals surface area contributed by atoms with E-state index in [4.69, 9.17) is 11.6 Å². The van der Waals surface area contributed by atoms with Gasteiger partial charge in [-0.3, -0.25) is 9.69 Å². The largest absolute Gasteiger partial charge is 0.352 e. The van der Waals surface area contributed by atoms with Crippen LogP contribution in [0.3, 0.4) is 0 Å². The molecule has 1 heterocycles. The van der Waals surface area contributed by atoms with Crippen LogP contribution >= 0.6 is 23.4 Å². The predicted molar refractivity (Wildman–Crippen MR) is 107 cm³/mol. The molecule has 2 fully saturated rings. The van der Waals surface area contributed by atoms with Gasteiger partial charge in [0, 0.05) is 34.3 Å². The average molecular weight is 405 g/mol. The molecule has 1 saturated carbocycles. The summed E-state index contributed by atoms with van der Waals surface area (Å²) in [7, 11) is 0. The van der Waals surface area contributed by atoms with Gasteiger partial charge in [-0.1, -0.05) is 23.7 Å². The smallest absolute Gasteiger partial charge is 0.237 e. The molecular formula is C21H22ClFN2OS. The first-order valence-corrected chi connectivity index (χ1v) is 10.5. The van der Waals surface area contributed by atoms with Crippen molar-refractivity contribution < 1.29 is 9.18 Å². The van der Waals surface area contributed by atoms with Gasteiger partial charge in [0.2, 0.25) is 5.91 Å². The van der Waals surface area contributed by atoms with E-state index in [9.17, 15) is 9.18 Å². The summed E-state index contributed by atoms with van der Waals surface area (Å²) in [6, 6.07) is 14.6. The molecule has 0 spiro atoms. The van der Waals surface area contributed by atoms with Crippen LogP contribution in [-0.4, -0.2) is 34.7 Å². The maximum absolute atomic E-state index is 13.2. The summed E-state index contributed by atoms with van der Waals surface area (Å²) in [4.78, 5) is 16.0. The second-order valence-electron chi connectivity index (χ2n) is 7.29. The van der Waals surface area contributed by atoms with E-state index in [2.05, 4.69) is 10.2 Å². The SMILES string of the molecule is O=C(NC1CC1)[C@@H]1C[C@@H](Sc2ccc(F)cc2)CN1Cc1cccc(Cl)c1. The van der Waals surface area contributed by atoms with E-state index in [0.717, 1.165) is 36.3 Å². The van der Waals surface area contributed by atoms with E-state index < -0.39 is 0 Å². The molecule has 2 atom stereocenters. The summed E-state index contributed by atoms with van der Waals surface area (Å²) in [6.45, 7) is 1.51. The number of nitrogens with zero attached hydrogens (tertiary/aromatic N) is 1. The lowest BCUT2D eigenvalue weighted by Gasteiger charge is -2.23. The summed E-state index contributed by atoms with van der Waals surface area (Å²) in [6.07, 6.45) is 2.96. The molecule has 2 aliphatic rings. The van der Waals surface area contributed by atoms with Crippen LogP contribution in [0.25, 0.3) is 0 Å². The lowest BCUT2D eigenvalue weighted by molar-refractivity contribution is -0.125. The van der Waals surface area contributed by atoms with Gasteiger partial charge in [0.1, 0.15) is 5.82 Å². The van der Waals surface area contributed by atoms with Crippen molar-refractivity contribution in [3.63, 3.8) is 0 Å². The van der Waals surface area contributed by atoms with Gasteiger partial charge in [0.15, 0.2) is 0 Å². The predicted octanol–water partition coefficient (Wildman–Crippen LogP) is 4.49. The van der Waals surface area contributed by atoms with Gasteiger partial charge in [0.25, 0.3) is 0 Å². The third kappa shape index (κ3) is 5.03. The van der Waals surface area contributed by atoms with E-state index in [1.165, 1.54) is 12.1 Å². The van der Waals surface area contributed by atoms with Crippen molar-refractivity contribution in [3.8, 4) is 0 Å². The Bertz CT molecular complexity index is 812. The Kier molecular flexibility index (Phi) is 5.71. The summed E-state index contributed by atoms with van der Waals surface area (Å²) < 4.78 is 13.2. The van der Waals surface area contributed by atoms with Gasteiger partial charge < -0.3 is 5.32 Å². The van der Waals surface area contributed by atoms with Crippen molar-refractivity contribution >= 4 is 29.3 Å². The number of thioether (sulfide) groups is 1. The van der Waals surface area contributed by atoms with Crippen molar-refractivity contribution in [3.05, 3.63) is 64.9 Å². The van der Waals surface area contributed by atoms with Crippen molar-refractivity contribution in [2.45, 2.75) is 48.0 Å². The molecule has 0 bridgehead atoms. The number of carbonyl (C=O) groups is 1. The Balaban J connectivity index is 1.47. The highest BCUT2D eigenvalue weighted by atomic mass is 35.5. The zero-order valence-electron chi connectivity index (χ0n) is 14.9. The first-order chi connectivity index (χ1) is 13.1. The molecule has 1 amide bonds. The molecule has 0 radical (unpaired) electrons. The number of amides is 1. The molecule has 1 aliphatic carbocycles. The van der Waals surface area contributed by atoms with Crippen LogP contribution in [0.5, 0.6) is 0 Å². The lowest BCUT2D eigenvalue weighted by Crippen LogP contribution is -2.43. The second kappa shape index (κ2) is 8.21. The second-order valence-corrected chi connectivity index (χ2v) is 9.10. The number of carbonyl (C=O) groups excluding carboxylic acids is 1. The van der Waals surface area contributed by atoms with Gasteiger partial charge in [-0.25, -0.2) is 4.39 Å². The zero-order valence-corrected chi connectivity index (χ0v) is 16.5. The quantitative estimate of drug-likeness (QED) is 0.769. The summed E-state index contributed by atoms with van der Waals surface area (Å²) >= 11 is 7.84. The number of hydrogen-bond donors (Lipinski definition) is 1. The fourth-order valence-electron chi connectivity index (χ4n) is 3.49. The number of halogens is 2. The molecule has 0 aromatic heterocycles. The van der Waals surface area contributed by atoms with Crippen LogP contribution < -0.4 is 5.32 Å². The maximum atomic E-state index is 13.2. The molecule has 4 rings (SSSR count). The van der Waals surface area contributed by atoms with Crippen molar-refractivity contribution in [2.24, 2.45) is 0 Å². The molecule has 0 unspecified atom stereocenters. The van der Waals surface area contributed by atoms with Gasteiger partial charge in [-0.05, 0) is 61.2 Å². The van der Waals surface area contributed by atoms with Crippen molar-refractivity contribution in [2.75, 3.05) is 6.54 Å². The van der Waals surface area contributed by atoms with E-state index in [1.807, 2.05) is 24.3 Å². The highest BCUT2D eigenvalue weighted by Crippen LogP contribution is 2.34. The normalized spacial score (nSPS) is 22.7. The van der Waals surface area contributed by atoms with Crippen molar-refractivity contribution in [1.82, 2.24) is 10.2 Å². The third-order valence-corrected chi connectivity index (χ3v) is 6.44. The first kappa shape index (κ1) is 18.8. The van der Waals surface area contributed by atoms with E-state index in [0.29, 0.717) is 22.9 Å². The van der Waals surface area contributed by atoms with Crippen LogP contribution in [0.15, 0.2) is 53.4 Å². The first-order valence-electron chi connectivity index (χ1n) is 9.28. The fourth-order valence-corrected chi connectivity index (χ4v) is 4.93. The molecule has 1 N–H and O–H groups in total. The molecule has 27 heavy (non-hydrogen) atoms. The minimum absolute atomic E-state index is 0.127. The summed E-state index contributed by atoms with van der Waals surface area (Å²) in [5.74, 6) is -0.100. The summed E-state index contributed by atoms with van der Waals surface area (Å²) in [5, 5.41) is 4.16. The standard InChI is InChI=1S/C21H22ClFN2OS/c22-15-3-1-2-14(10-15)12-25-13-19(27-18-8-4-16(23)5-9-18)11-20(25)21(26)24-17-6-7-17/h1-5,8-10,17,19-20H,6-7,11-13H2,(H,24,26)/t19-,20+/m1/s1. The number of likely N-dealkylation sites (tertiary alicyclic amines) is 1. The Labute approximate surface area is 168 Å². The molecule has 142 valence electrons. The van der Waals surface area contributed by atoms with Crippen LogP contribution in [0.2, 0.25) is 5.02 Å². The van der Waals surface area contributed by atoms with Gasteiger partial charge in [-0.2, -0.15) is 0 Å². The third-order valence-electron chi connectivity index (χ3n) is 4.98. The van der Waals surface area contributed by atoms with Crippen molar-refractivity contribution in [1.29, 1.82) is 0 Å². The van der Waals surface area contributed by atoms with Gasteiger partial charge in [-0.15, -0.1) is 11.8 Å². The highest BCUT2D eigenvalue weighted by molar-refractivity contribution is 8.00. The monoisotopic (exact) mass is 404 g/mol. The number of hydrogen-bond acceptors (Lipinski definition) is 3. The van der Waals surface area contributed by atoms with Crippen LogP contribution in [0.1, 0.15) is 24.8 Å². The molecule has 6 heteroatoms. The zero-order chi connectivity index (χ0) is 18.8. The highest BCUT2D eigenvalue weighted by Gasteiger charge is 2.38. The molecule has 2 aromatic carbocycles. The number of benzene rings is 2. The molecule has 3 nitrogen and oxygen atoms in total. The maximum Gasteiger partial charge on any atom is 0.237 e. The van der Waals surface area contributed by atoms with E-state index >= 15 is 0 Å². The summed E-state index contributed by atoms with van der Waals surface area (Å²) in [5.41, 5.74) is 1.11. The van der Waals surface area contributed by atoms with E-state index in [1.54, 1.807) is 23.9 Å². The topological polar surface area (TPSA) is 32.3 Å². The Morgan fingerprint density at radius 3 is 2.70 bits per heavy atom. The Morgan fingerprint density at radius 1 is 1.22 bits per heavy atom. The Hall–Kier alpha value is -1.56. The van der Waals surface area contributed by atoms with E-state index in [-0.39, 0.29) is 17.8 Å². The lowest BCUT2D eigenvalue weighted by atomic mass is 10.1. The molecule has 1 saturated heterocycles. The number of nitrogens with one attached hydrogen (secondary N) is 1. The van der Waals surface area contributed by atoms with Crippen LogP contribution in [0.4, 0.5) is 4.39 Å².